The van der Waals surface area contributed by atoms with Gasteiger partial charge in [-0.2, -0.15) is 4.31 Å². The van der Waals surface area contributed by atoms with Gasteiger partial charge in [0, 0.05) is 61.3 Å². The number of aliphatic carboxylic acids is 1. The Hall–Kier alpha value is -2.82. The number of nitrogens with one attached hydrogen (secondary N) is 3. The van der Waals surface area contributed by atoms with Gasteiger partial charge in [-0.05, 0) is 42.7 Å². The van der Waals surface area contributed by atoms with Crippen LogP contribution in [0.25, 0.3) is 0 Å². The molecule has 2 heterocycles. The van der Waals surface area contributed by atoms with Crippen LogP contribution in [0.4, 0.5) is 4.79 Å². The summed E-state index contributed by atoms with van der Waals surface area (Å²) in [5, 5.41) is 14.7. The van der Waals surface area contributed by atoms with Gasteiger partial charge in [0.2, 0.25) is 15.9 Å². The molecule has 0 radical (unpaired) electrons. The van der Waals surface area contributed by atoms with Crippen molar-refractivity contribution in [1.29, 1.82) is 0 Å². The Bertz CT molecular complexity index is 1170. The molecule has 194 valence electrons. The fourth-order valence-electron chi connectivity index (χ4n) is 3.68. The molecule has 3 rings (SSSR count). The fraction of sp³-hybridized carbons (Fsp3) is 0.364. The summed E-state index contributed by atoms with van der Waals surface area (Å²) in [6, 6.07) is 6.80. The number of nitrogens with zero attached hydrogens (tertiary/aromatic N) is 2. The lowest BCUT2D eigenvalue weighted by atomic mass is 10.1. The van der Waals surface area contributed by atoms with Crippen molar-refractivity contribution >= 4 is 50.9 Å². The molecule has 2 amide bonds. The van der Waals surface area contributed by atoms with E-state index >= 15 is 0 Å². The molecule has 14 heteroatoms. The molecular formula is C22H26IN5O7S. The number of carbonyl (C=O) groups excluding carboxylic acids is 2. The molecule has 2 aromatic rings. The summed E-state index contributed by atoms with van der Waals surface area (Å²) in [7, 11) is -3.96. The van der Waals surface area contributed by atoms with Gasteiger partial charge < -0.3 is 20.5 Å². The van der Waals surface area contributed by atoms with Crippen molar-refractivity contribution in [2.75, 3.05) is 19.6 Å². The minimum atomic E-state index is -3.96. The van der Waals surface area contributed by atoms with Gasteiger partial charge in [-0.1, -0.05) is 12.1 Å². The number of benzene rings is 1. The normalized spacial score (nSPS) is 16.8. The largest absolute Gasteiger partial charge is 0.480 e. The first-order valence-corrected chi connectivity index (χ1v) is 13.6. The number of halogens is 1. The lowest BCUT2D eigenvalue weighted by Crippen LogP contribution is -2.51. The Morgan fingerprint density at radius 1 is 1.19 bits per heavy atom. The van der Waals surface area contributed by atoms with Crippen LogP contribution in [0, 0.1) is 0 Å². The second-order valence-corrected chi connectivity index (χ2v) is 10.6. The van der Waals surface area contributed by atoms with Crippen LogP contribution in [0.1, 0.15) is 18.4 Å². The molecule has 0 aliphatic carbocycles. The third-order valence-corrected chi connectivity index (χ3v) is 7.86. The van der Waals surface area contributed by atoms with Gasteiger partial charge in [-0.25, -0.2) is 18.0 Å². The van der Waals surface area contributed by atoms with Gasteiger partial charge in [0.05, 0.1) is 0 Å². The van der Waals surface area contributed by atoms with E-state index < -0.39 is 40.1 Å². The quantitative estimate of drug-likeness (QED) is 0.161. The lowest BCUT2D eigenvalue weighted by Gasteiger charge is -2.25. The van der Waals surface area contributed by atoms with Gasteiger partial charge in [0.1, 0.15) is 22.7 Å². The Balaban J connectivity index is 1.63. The maximum atomic E-state index is 13.0. The summed E-state index contributed by atoms with van der Waals surface area (Å²) in [5.41, 5.74) is 0.579. The molecule has 12 nitrogen and oxygen atoms in total. The van der Waals surface area contributed by atoms with Gasteiger partial charge in [-0.15, -0.1) is 0 Å². The van der Waals surface area contributed by atoms with E-state index in [9.17, 15) is 27.9 Å². The Labute approximate surface area is 222 Å². The lowest BCUT2D eigenvalue weighted by molar-refractivity contribution is -0.142. The molecule has 0 bridgehead atoms. The molecule has 1 aromatic carbocycles. The third kappa shape index (κ3) is 7.35. The summed E-state index contributed by atoms with van der Waals surface area (Å²) in [5.74, 6) is -1.66. The van der Waals surface area contributed by atoms with Crippen LogP contribution in [0.5, 0.6) is 5.75 Å². The number of carbonyl (C=O) groups is 3. The number of sulfonamides is 1. The highest BCUT2D eigenvalue weighted by atomic mass is 127. The van der Waals surface area contributed by atoms with E-state index in [-0.39, 0.29) is 30.0 Å². The van der Waals surface area contributed by atoms with Gasteiger partial charge in [0.15, 0.2) is 0 Å². The van der Waals surface area contributed by atoms with E-state index in [1.807, 2.05) is 22.9 Å². The summed E-state index contributed by atoms with van der Waals surface area (Å²) in [6.07, 6.45) is 2.74. The van der Waals surface area contributed by atoms with Crippen molar-refractivity contribution in [3.05, 3.63) is 54.4 Å². The SMILES string of the molecule is O=C(NCCNI)Oc1ccc(C[C@@H](NC(=O)[C@@H]2CCCN2S(=O)(=O)c2cccnc2)C(=O)O)cc1. The number of ether oxygens (including phenoxy) is 1. The molecule has 1 saturated heterocycles. The molecule has 1 aromatic heterocycles. The summed E-state index contributed by atoms with van der Waals surface area (Å²) >= 11 is 1.96. The van der Waals surface area contributed by atoms with E-state index in [1.165, 1.54) is 36.7 Å². The van der Waals surface area contributed by atoms with E-state index in [4.69, 9.17) is 4.74 Å². The van der Waals surface area contributed by atoms with Gasteiger partial charge in [0.25, 0.3) is 0 Å². The molecule has 36 heavy (non-hydrogen) atoms. The molecule has 0 saturated carbocycles. The van der Waals surface area contributed by atoms with Crippen LogP contribution in [-0.2, 0) is 26.0 Å². The number of aromatic nitrogens is 1. The van der Waals surface area contributed by atoms with Crippen molar-refractivity contribution in [2.45, 2.75) is 36.2 Å². The third-order valence-electron chi connectivity index (χ3n) is 5.42. The zero-order valence-electron chi connectivity index (χ0n) is 19.1. The van der Waals surface area contributed by atoms with Crippen molar-refractivity contribution < 1.29 is 32.6 Å². The van der Waals surface area contributed by atoms with Crippen molar-refractivity contribution in [3.8, 4) is 5.75 Å². The molecule has 2 atom stereocenters. The first-order valence-electron chi connectivity index (χ1n) is 11.1. The highest BCUT2D eigenvalue weighted by Crippen LogP contribution is 2.26. The average molecular weight is 631 g/mol. The zero-order valence-corrected chi connectivity index (χ0v) is 22.1. The van der Waals surface area contributed by atoms with Gasteiger partial charge >= 0.3 is 12.1 Å². The number of amides is 2. The molecule has 4 N–H and O–H groups in total. The first-order chi connectivity index (χ1) is 17.2. The number of hydrogen-bond donors (Lipinski definition) is 4. The van der Waals surface area contributed by atoms with Crippen LogP contribution in [0.15, 0.2) is 53.7 Å². The summed E-state index contributed by atoms with van der Waals surface area (Å²) in [4.78, 5) is 40.3. The van der Waals surface area contributed by atoms with Crippen molar-refractivity contribution in [3.63, 3.8) is 0 Å². The van der Waals surface area contributed by atoms with E-state index in [1.54, 1.807) is 12.1 Å². The van der Waals surface area contributed by atoms with Crippen molar-refractivity contribution in [1.82, 2.24) is 23.5 Å². The highest BCUT2D eigenvalue weighted by Gasteiger charge is 2.40. The van der Waals surface area contributed by atoms with E-state index in [0.29, 0.717) is 25.1 Å². The maximum absolute atomic E-state index is 13.0. The van der Waals surface area contributed by atoms with Crippen LogP contribution < -0.4 is 18.9 Å². The van der Waals surface area contributed by atoms with E-state index in [0.717, 1.165) is 4.31 Å². The number of pyridine rings is 1. The van der Waals surface area contributed by atoms with Crippen LogP contribution >= 0.6 is 22.9 Å². The Kier molecular flexibility index (Phi) is 9.98. The summed E-state index contributed by atoms with van der Waals surface area (Å²) in [6.45, 7) is 1.11. The summed E-state index contributed by atoms with van der Waals surface area (Å²) < 4.78 is 35.1. The fourth-order valence-corrected chi connectivity index (χ4v) is 5.57. The predicted octanol–water partition coefficient (Wildman–Crippen LogP) is 1.07. The minimum Gasteiger partial charge on any atom is -0.480 e. The average Bonchev–Trinajstić information content (AvgIpc) is 3.37. The second kappa shape index (κ2) is 12.9. The number of carboxylic acid groups (broad SMARTS) is 1. The van der Waals surface area contributed by atoms with E-state index in [2.05, 4.69) is 19.1 Å². The number of rotatable bonds is 11. The first kappa shape index (κ1) is 27.8. The molecule has 1 aliphatic heterocycles. The van der Waals surface area contributed by atoms with Crippen LogP contribution in [-0.4, -0.2) is 72.5 Å². The minimum absolute atomic E-state index is 0.0304. The monoisotopic (exact) mass is 631 g/mol. The Morgan fingerprint density at radius 2 is 1.94 bits per heavy atom. The molecular weight excluding hydrogens is 605 g/mol. The van der Waals surface area contributed by atoms with Crippen LogP contribution in [0.2, 0.25) is 0 Å². The molecule has 0 unspecified atom stereocenters. The van der Waals surface area contributed by atoms with Crippen molar-refractivity contribution in [2.24, 2.45) is 0 Å². The number of hydrogen-bond acceptors (Lipinski definition) is 8. The maximum Gasteiger partial charge on any atom is 0.412 e. The standard InChI is InChI=1S/C22H26IN5O7S/c23-26-11-10-25-22(32)35-16-7-5-15(6-8-16)13-18(21(30)31)27-20(29)19-4-2-12-28(19)36(33,34)17-3-1-9-24-14-17/h1,3,5-9,14,18-19,26H,2,4,10-13H2,(H,25,32)(H,27,29)(H,30,31)/t18-,19+/m1/s1. The van der Waals surface area contributed by atoms with Gasteiger partial charge in [-0.3, -0.25) is 13.3 Å². The molecule has 0 spiro atoms. The predicted molar refractivity (Wildman–Crippen MR) is 137 cm³/mol. The second-order valence-electron chi connectivity index (χ2n) is 7.91. The topological polar surface area (TPSA) is 167 Å². The Morgan fingerprint density at radius 3 is 2.58 bits per heavy atom. The zero-order chi connectivity index (χ0) is 26.1. The molecule has 1 aliphatic rings. The van der Waals surface area contributed by atoms with Crippen LogP contribution in [0.3, 0.4) is 0 Å². The number of carboxylic acids is 1. The highest BCUT2D eigenvalue weighted by molar-refractivity contribution is 14.1. The smallest absolute Gasteiger partial charge is 0.412 e. The molecule has 1 fully saturated rings.